The van der Waals surface area contributed by atoms with Crippen molar-refractivity contribution < 1.29 is 24.2 Å². The molecule has 2 aromatic rings. The molecule has 1 atom stereocenters. The monoisotopic (exact) mass is 472 g/mol. The molecule has 0 aromatic heterocycles. The number of halogens is 1. The van der Waals surface area contributed by atoms with Gasteiger partial charge < -0.3 is 25.8 Å². The van der Waals surface area contributed by atoms with Gasteiger partial charge in [-0.05, 0) is 55.3 Å². The Morgan fingerprint density at radius 2 is 1.79 bits per heavy atom. The average molecular weight is 473 g/mol. The number of rotatable bonds is 6. The lowest BCUT2D eigenvalue weighted by molar-refractivity contribution is -0.142. The number of cyclic esters (lactones) is 1. The molecule has 33 heavy (non-hydrogen) atoms. The fraction of sp³-hybridized carbons (Fsp3) is 0.348. The molecule has 0 bridgehead atoms. The predicted octanol–water partition coefficient (Wildman–Crippen LogP) is 2.98. The number of hydrogen-bond donors (Lipinski definition) is 3. The maximum Gasteiger partial charge on any atom is 0.414 e. The van der Waals surface area contributed by atoms with Crippen LogP contribution in [0.3, 0.4) is 0 Å². The molecule has 0 aliphatic carbocycles. The number of carbonyl (C=O) groups excluding carboxylic acids is 2. The molecule has 4 N–H and O–H groups in total. The number of hydrogen-bond acceptors (Lipinski definition) is 6. The number of anilines is 3. The first kappa shape index (κ1) is 22.7. The quantitative estimate of drug-likeness (QED) is 0.552. The molecule has 0 radical (unpaired) electrons. The van der Waals surface area contributed by atoms with E-state index in [0.717, 1.165) is 5.69 Å². The Labute approximate surface area is 196 Å². The van der Waals surface area contributed by atoms with Crippen molar-refractivity contribution in [3.63, 3.8) is 0 Å². The van der Waals surface area contributed by atoms with E-state index in [4.69, 9.17) is 27.2 Å². The van der Waals surface area contributed by atoms with Crippen LogP contribution >= 0.6 is 11.6 Å². The van der Waals surface area contributed by atoms with Crippen molar-refractivity contribution in [2.75, 3.05) is 41.7 Å². The van der Waals surface area contributed by atoms with E-state index in [1.54, 1.807) is 12.1 Å². The van der Waals surface area contributed by atoms with Gasteiger partial charge in [0, 0.05) is 30.0 Å². The van der Waals surface area contributed by atoms with Gasteiger partial charge in [0.2, 0.25) is 0 Å². The highest BCUT2D eigenvalue weighted by molar-refractivity contribution is 6.33. The Hall–Kier alpha value is -3.46. The summed E-state index contributed by atoms with van der Waals surface area (Å²) in [5.41, 5.74) is 8.12. The van der Waals surface area contributed by atoms with Crippen molar-refractivity contribution in [1.82, 2.24) is 5.32 Å². The minimum absolute atomic E-state index is 0.167. The second-order valence-electron chi connectivity index (χ2n) is 8.18. The Balaban J connectivity index is 1.31. The number of carbonyl (C=O) groups is 3. The number of ether oxygens (including phenoxy) is 1. The zero-order valence-corrected chi connectivity index (χ0v) is 18.6. The summed E-state index contributed by atoms with van der Waals surface area (Å²) in [6, 6.07) is 12.2. The standard InChI is InChI=1S/C23H25ClN4O5/c24-19-6-1-15(11-20(19)25)21(29)26-12-18-13-28(23(32)33-18)17-4-2-16(3-5-17)27-9-7-14(8-10-27)22(30)31/h1-6,11,14,18H,7-10,12-13,25H2,(H,26,29)(H,30,31)/t18-/m0/s1. The van der Waals surface area contributed by atoms with E-state index in [0.29, 0.717) is 54.4 Å². The van der Waals surface area contributed by atoms with Crippen LogP contribution in [0.15, 0.2) is 42.5 Å². The van der Waals surface area contributed by atoms with E-state index in [2.05, 4.69) is 10.2 Å². The lowest BCUT2D eigenvalue weighted by atomic mass is 9.97. The molecule has 2 amide bonds. The summed E-state index contributed by atoms with van der Waals surface area (Å²) in [5.74, 6) is -1.35. The average Bonchev–Trinajstić information content (AvgIpc) is 3.20. The smallest absolute Gasteiger partial charge is 0.414 e. The molecule has 2 aliphatic rings. The van der Waals surface area contributed by atoms with E-state index in [1.807, 2.05) is 24.3 Å². The van der Waals surface area contributed by atoms with Crippen LogP contribution in [0.2, 0.25) is 5.02 Å². The minimum atomic E-state index is -0.736. The maximum absolute atomic E-state index is 12.4. The molecule has 0 saturated carbocycles. The van der Waals surface area contributed by atoms with Crippen LogP contribution in [0.4, 0.5) is 21.9 Å². The number of nitrogen functional groups attached to an aromatic ring is 1. The van der Waals surface area contributed by atoms with Gasteiger partial charge in [0.25, 0.3) is 5.91 Å². The normalized spacial score (nSPS) is 18.8. The Morgan fingerprint density at radius 3 is 2.42 bits per heavy atom. The van der Waals surface area contributed by atoms with Gasteiger partial charge in [-0.2, -0.15) is 0 Å². The van der Waals surface area contributed by atoms with Crippen molar-refractivity contribution in [1.29, 1.82) is 0 Å². The van der Waals surface area contributed by atoms with Gasteiger partial charge in [-0.25, -0.2) is 4.79 Å². The fourth-order valence-corrected chi connectivity index (χ4v) is 4.18. The van der Waals surface area contributed by atoms with Crippen molar-refractivity contribution in [3.05, 3.63) is 53.1 Å². The van der Waals surface area contributed by atoms with Gasteiger partial charge >= 0.3 is 12.1 Å². The third-order valence-electron chi connectivity index (χ3n) is 5.99. The summed E-state index contributed by atoms with van der Waals surface area (Å²) in [7, 11) is 0. The van der Waals surface area contributed by atoms with Gasteiger partial charge in [0.05, 0.1) is 29.7 Å². The van der Waals surface area contributed by atoms with E-state index in [-0.39, 0.29) is 18.4 Å². The van der Waals surface area contributed by atoms with E-state index >= 15 is 0 Å². The maximum atomic E-state index is 12.4. The highest BCUT2D eigenvalue weighted by Gasteiger charge is 2.33. The Kier molecular flexibility index (Phi) is 6.60. The first-order valence-corrected chi connectivity index (χ1v) is 11.1. The number of carboxylic acid groups (broad SMARTS) is 1. The van der Waals surface area contributed by atoms with Crippen LogP contribution in [-0.2, 0) is 9.53 Å². The molecule has 174 valence electrons. The topological polar surface area (TPSA) is 125 Å². The summed E-state index contributed by atoms with van der Waals surface area (Å²) in [4.78, 5) is 39.5. The number of nitrogens with zero attached hydrogens (tertiary/aromatic N) is 2. The molecule has 0 unspecified atom stereocenters. The van der Waals surface area contributed by atoms with Crippen LogP contribution in [0.1, 0.15) is 23.2 Å². The van der Waals surface area contributed by atoms with Gasteiger partial charge in [0.1, 0.15) is 6.10 Å². The largest absolute Gasteiger partial charge is 0.481 e. The Morgan fingerprint density at radius 1 is 1.12 bits per heavy atom. The first-order chi connectivity index (χ1) is 15.8. The Bertz CT molecular complexity index is 1050. The van der Waals surface area contributed by atoms with Gasteiger partial charge in [-0.15, -0.1) is 0 Å². The lowest BCUT2D eigenvalue weighted by Crippen LogP contribution is -2.36. The predicted molar refractivity (Wildman–Crippen MR) is 125 cm³/mol. The summed E-state index contributed by atoms with van der Waals surface area (Å²) in [5, 5.41) is 12.3. The number of piperidine rings is 1. The molecule has 0 spiro atoms. The highest BCUT2D eigenvalue weighted by Crippen LogP contribution is 2.28. The zero-order chi connectivity index (χ0) is 23.5. The number of nitrogens with two attached hydrogens (primary N) is 1. The van der Waals surface area contributed by atoms with Gasteiger partial charge in [-0.3, -0.25) is 14.5 Å². The summed E-state index contributed by atoms with van der Waals surface area (Å²) in [6.07, 6.45) is 0.276. The van der Waals surface area contributed by atoms with E-state index in [1.165, 1.54) is 11.0 Å². The molecule has 2 heterocycles. The molecule has 2 fully saturated rings. The van der Waals surface area contributed by atoms with Crippen molar-refractivity contribution in [2.24, 2.45) is 5.92 Å². The molecule has 10 heteroatoms. The van der Waals surface area contributed by atoms with Gasteiger partial charge in [-0.1, -0.05) is 11.6 Å². The summed E-state index contributed by atoms with van der Waals surface area (Å²) in [6.45, 7) is 1.84. The number of carboxylic acids is 1. The molecular formula is C23H25ClN4O5. The summed E-state index contributed by atoms with van der Waals surface area (Å²) >= 11 is 5.88. The number of benzene rings is 2. The lowest BCUT2D eigenvalue weighted by Gasteiger charge is -2.32. The molecule has 2 saturated heterocycles. The highest BCUT2D eigenvalue weighted by atomic mass is 35.5. The van der Waals surface area contributed by atoms with Crippen molar-refractivity contribution >= 4 is 46.6 Å². The number of nitrogens with one attached hydrogen (secondary N) is 1. The van der Waals surface area contributed by atoms with Crippen LogP contribution in [0.5, 0.6) is 0 Å². The molecule has 2 aliphatic heterocycles. The van der Waals surface area contributed by atoms with Crippen LogP contribution in [0, 0.1) is 5.92 Å². The third kappa shape index (κ3) is 5.14. The van der Waals surface area contributed by atoms with Crippen molar-refractivity contribution in [2.45, 2.75) is 18.9 Å². The molecule has 4 rings (SSSR count). The number of aliphatic carboxylic acids is 1. The van der Waals surface area contributed by atoms with Crippen molar-refractivity contribution in [3.8, 4) is 0 Å². The van der Waals surface area contributed by atoms with E-state index in [9.17, 15) is 14.4 Å². The van der Waals surface area contributed by atoms with E-state index < -0.39 is 18.2 Å². The second kappa shape index (κ2) is 9.58. The summed E-state index contributed by atoms with van der Waals surface area (Å²) < 4.78 is 5.40. The van der Waals surface area contributed by atoms with Crippen LogP contribution in [-0.4, -0.2) is 55.4 Å². The first-order valence-electron chi connectivity index (χ1n) is 10.7. The van der Waals surface area contributed by atoms with Gasteiger partial charge in [0.15, 0.2) is 0 Å². The number of amides is 2. The second-order valence-corrected chi connectivity index (χ2v) is 8.59. The van der Waals surface area contributed by atoms with Crippen LogP contribution in [0.25, 0.3) is 0 Å². The SMILES string of the molecule is Nc1cc(C(=O)NC[C@H]2CN(c3ccc(N4CCC(C(=O)O)CC4)cc3)C(=O)O2)ccc1Cl. The third-order valence-corrected chi connectivity index (χ3v) is 6.34. The fourth-order valence-electron chi connectivity index (χ4n) is 4.06. The minimum Gasteiger partial charge on any atom is -0.481 e. The van der Waals surface area contributed by atoms with Crippen LogP contribution < -0.4 is 20.9 Å². The molecular weight excluding hydrogens is 448 g/mol. The zero-order valence-electron chi connectivity index (χ0n) is 17.9. The molecule has 2 aromatic carbocycles. The molecule has 9 nitrogen and oxygen atoms in total.